The van der Waals surface area contributed by atoms with E-state index in [-0.39, 0.29) is 12.3 Å². The lowest BCUT2D eigenvalue weighted by atomic mass is 9.93. The van der Waals surface area contributed by atoms with Crippen LogP contribution < -0.4 is 4.90 Å². The van der Waals surface area contributed by atoms with Gasteiger partial charge >= 0.3 is 5.97 Å². The van der Waals surface area contributed by atoms with Crippen LogP contribution in [0.3, 0.4) is 0 Å². The minimum atomic E-state index is -0.699. The van der Waals surface area contributed by atoms with Crippen LogP contribution in [0.5, 0.6) is 0 Å². The first-order chi connectivity index (χ1) is 9.02. The van der Waals surface area contributed by atoms with Gasteiger partial charge in [0.15, 0.2) is 0 Å². The van der Waals surface area contributed by atoms with Gasteiger partial charge in [0.25, 0.3) is 0 Å². The summed E-state index contributed by atoms with van der Waals surface area (Å²) in [5, 5.41) is 9.03. The number of carboxylic acids is 1. The third-order valence-electron chi connectivity index (χ3n) is 3.25. The predicted octanol–water partition coefficient (Wildman–Crippen LogP) is 3.65. The summed E-state index contributed by atoms with van der Waals surface area (Å²) in [6.45, 7) is 8.12. The smallest absolute Gasteiger partial charge is 0.303 e. The van der Waals surface area contributed by atoms with Crippen LogP contribution in [0.4, 0.5) is 5.69 Å². The molecule has 0 amide bonds. The second-order valence-corrected chi connectivity index (χ2v) is 5.47. The number of anilines is 1. The van der Waals surface area contributed by atoms with Crippen molar-refractivity contribution < 1.29 is 9.90 Å². The molecule has 0 aliphatic carbocycles. The van der Waals surface area contributed by atoms with E-state index in [9.17, 15) is 4.79 Å². The molecule has 0 aliphatic heterocycles. The van der Waals surface area contributed by atoms with Gasteiger partial charge in [0.2, 0.25) is 0 Å². The summed E-state index contributed by atoms with van der Waals surface area (Å²) in [7, 11) is 0. The van der Waals surface area contributed by atoms with Crippen LogP contribution in [0.15, 0.2) is 30.3 Å². The average Bonchev–Trinajstić information content (AvgIpc) is 2.35. The normalized spacial score (nSPS) is 12.4. The molecule has 1 N–H and O–H groups in total. The van der Waals surface area contributed by atoms with Gasteiger partial charge in [-0.25, -0.2) is 0 Å². The van der Waals surface area contributed by atoms with Crippen molar-refractivity contribution in [2.24, 2.45) is 11.8 Å². The first-order valence-corrected chi connectivity index (χ1v) is 7.04. The van der Waals surface area contributed by atoms with Gasteiger partial charge in [-0.15, -0.1) is 0 Å². The molecule has 106 valence electrons. The first kappa shape index (κ1) is 15.5. The zero-order valence-corrected chi connectivity index (χ0v) is 12.2. The van der Waals surface area contributed by atoms with Crippen molar-refractivity contribution >= 4 is 11.7 Å². The lowest BCUT2D eigenvalue weighted by molar-refractivity contribution is -0.138. The Morgan fingerprint density at radius 2 is 1.89 bits per heavy atom. The maximum absolute atomic E-state index is 11.0. The van der Waals surface area contributed by atoms with Crippen LogP contribution in [0.2, 0.25) is 0 Å². The zero-order chi connectivity index (χ0) is 14.3. The molecule has 0 saturated carbocycles. The lowest BCUT2D eigenvalue weighted by Gasteiger charge is -2.28. The fourth-order valence-corrected chi connectivity index (χ4v) is 2.50. The van der Waals surface area contributed by atoms with E-state index in [0.717, 1.165) is 19.5 Å². The van der Waals surface area contributed by atoms with Crippen LogP contribution in [0.25, 0.3) is 0 Å². The summed E-state index contributed by atoms with van der Waals surface area (Å²) in [5.74, 6) is 0.0336. The molecule has 19 heavy (non-hydrogen) atoms. The highest BCUT2D eigenvalue weighted by atomic mass is 16.4. The van der Waals surface area contributed by atoms with Crippen LogP contribution in [0.1, 0.15) is 33.6 Å². The third-order valence-corrected chi connectivity index (χ3v) is 3.25. The zero-order valence-electron chi connectivity index (χ0n) is 12.2. The van der Waals surface area contributed by atoms with Gasteiger partial charge in [-0.2, -0.15) is 0 Å². The second-order valence-electron chi connectivity index (χ2n) is 5.47. The Balaban J connectivity index is 2.71. The molecule has 0 saturated heterocycles. The Labute approximate surface area is 116 Å². The van der Waals surface area contributed by atoms with Gasteiger partial charge in [-0.05, 0) is 37.3 Å². The maximum atomic E-state index is 11.0. The number of carboxylic acid groups (broad SMARTS) is 1. The van der Waals surface area contributed by atoms with Gasteiger partial charge < -0.3 is 10.0 Å². The number of aliphatic carboxylic acids is 1. The van der Waals surface area contributed by atoms with E-state index in [1.54, 1.807) is 0 Å². The predicted molar refractivity (Wildman–Crippen MR) is 79.5 cm³/mol. The second kappa shape index (κ2) is 7.82. The van der Waals surface area contributed by atoms with Gasteiger partial charge in [-0.3, -0.25) is 4.79 Å². The Bertz CT molecular complexity index is 376. The van der Waals surface area contributed by atoms with Crippen LogP contribution in [0, 0.1) is 11.8 Å². The summed E-state index contributed by atoms with van der Waals surface area (Å²) in [5.41, 5.74) is 1.17. The lowest BCUT2D eigenvalue weighted by Crippen LogP contribution is -2.31. The van der Waals surface area contributed by atoms with E-state index in [0.29, 0.717) is 5.92 Å². The SMILES string of the molecule is CCN(CC(CC(=O)O)CC(C)C)c1ccccc1. The molecule has 0 radical (unpaired) electrons. The molecule has 3 nitrogen and oxygen atoms in total. The number of benzene rings is 1. The molecular formula is C16H25NO2. The van der Waals surface area contributed by atoms with Crippen molar-refractivity contribution in [3.8, 4) is 0 Å². The Hall–Kier alpha value is -1.51. The van der Waals surface area contributed by atoms with Crippen molar-refractivity contribution in [2.45, 2.75) is 33.6 Å². The number of hydrogen-bond acceptors (Lipinski definition) is 2. The monoisotopic (exact) mass is 263 g/mol. The topological polar surface area (TPSA) is 40.5 Å². The molecule has 1 unspecified atom stereocenters. The summed E-state index contributed by atoms with van der Waals surface area (Å²) in [6.07, 6.45) is 1.21. The van der Waals surface area contributed by atoms with E-state index in [1.165, 1.54) is 5.69 Å². The fraction of sp³-hybridized carbons (Fsp3) is 0.562. The molecule has 0 heterocycles. The molecule has 0 aliphatic rings. The highest BCUT2D eigenvalue weighted by molar-refractivity contribution is 5.67. The van der Waals surface area contributed by atoms with Crippen molar-refractivity contribution in [2.75, 3.05) is 18.0 Å². The van der Waals surface area contributed by atoms with E-state index in [1.807, 2.05) is 18.2 Å². The molecule has 0 bridgehead atoms. The third kappa shape index (κ3) is 5.77. The van der Waals surface area contributed by atoms with Crippen LogP contribution in [-0.2, 0) is 4.79 Å². The van der Waals surface area contributed by atoms with E-state index in [2.05, 4.69) is 37.8 Å². The Morgan fingerprint density at radius 1 is 1.26 bits per heavy atom. The van der Waals surface area contributed by atoms with Gasteiger partial charge in [-0.1, -0.05) is 32.0 Å². The fourth-order valence-electron chi connectivity index (χ4n) is 2.50. The van der Waals surface area contributed by atoms with Crippen molar-refractivity contribution in [1.82, 2.24) is 0 Å². The van der Waals surface area contributed by atoms with Crippen molar-refractivity contribution in [3.05, 3.63) is 30.3 Å². The molecule has 0 spiro atoms. The largest absolute Gasteiger partial charge is 0.481 e. The molecule has 3 heteroatoms. The minimum absolute atomic E-state index is 0.206. The first-order valence-electron chi connectivity index (χ1n) is 7.04. The number of rotatable bonds is 8. The van der Waals surface area contributed by atoms with E-state index < -0.39 is 5.97 Å². The number of nitrogens with zero attached hydrogens (tertiary/aromatic N) is 1. The van der Waals surface area contributed by atoms with Gasteiger partial charge in [0.1, 0.15) is 0 Å². The van der Waals surface area contributed by atoms with E-state index >= 15 is 0 Å². The highest BCUT2D eigenvalue weighted by Crippen LogP contribution is 2.21. The Kier molecular flexibility index (Phi) is 6.40. The van der Waals surface area contributed by atoms with Crippen LogP contribution in [-0.4, -0.2) is 24.2 Å². The highest BCUT2D eigenvalue weighted by Gasteiger charge is 2.18. The number of carbonyl (C=O) groups is 1. The maximum Gasteiger partial charge on any atom is 0.303 e. The van der Waals surface area contributed by atoms with Crippen molar-refractivity contribution in [3.63, 3.8) is 0 Å². The van der Waals surface area contributed by atoms with Crippen LogP contribution >= 0.6 is 0 Å². The quantitative estimate of drug-likeness (QED) is 0.778. The summed E-state index contributed by atoms with van der Waals surface area (Å²) >= 11 is 0. The number of hydrogen-bond donors (Lipinski definition) is 1. The molecule has 1 aromatic carbocycles. The summed E-state index contributed by atoms with van der Waals surface area (Å²) < 4.78 is 0. The molecular weight excluding hydrogens is 238 g/mol. The van der Waals surface area contributed by atoms with Gasteiger partial charge in [0, 0.05) is 25.2 Å². The molecule has 0 aromatic heterocycles. The Morgan fingerprint density at radius 3 is 2.37 bits per heavy atom. The van der Waals surface area contributed by atoms with Crippen molar-refractivity contribution in [1.29, 1.82) is 0 Å². The summed E-state index contributed by atoms with van der Waals surface area (Å²) in [4.78, 5) is 13.2. The standard InChI is InChI=1S/C16H25NO2/c1-4-17(15-8-6-5-7-9-15)12-14(10-13(2)3)11-16(18)19/h5-9,13-14H,4,10-12H2,1-3H3,(H,18,19). The molecule has 1 aromatic rings. The van der Waals surface area contributed by atoms with Gasteiger partial charge in [0.05, 0.1) is 0 Å². The molecule has 1 rings (SSSR count). The minimum Gasteiger partial charge on any atom is -0.481 e. The number of para-hydroxylation sites is 1. The summed E-state index contributed by atoms with van der Waals surface area (Å²) in [6, 6.07) is 10.2. The molecule has 1 atom stereocenters. The average molecular weight is 263 g/mol. The molecule has 0 fully saturated rings. The van der Waals surface area contributed by atoms with E-state index in [4.69, 9.17) is 5.11 Å².